The number of aromatic nitrogens is 1. The standard InChI is InChI=1S/C16H14N6O2S/c1-16(2)18-11-5-3-4-9-10(6-7-12(19-16)14(9)11)20-21-15-17-8-13(25-15)22(23)24/h3-8,18-19H,1-2H3. The molecule has 0 saturated carbocycles. The Morgan fingerprint density at radius 2 is 1.92 bits per heavy atom. The normalized spacial score (nSPS) is 15.1. The fraction of sp³-hybridized carbons (Fsp3) is 0.188. The SMILES string of the molecule is CC1(C)Nc2cccc3c(N=Nc4ncc([N+](=O)[O-])s4)ccc(c23)N1. The highest BCUT2D eigenvalue weighted by Gasteiger charge is 2.25. The first kappa shape index (κ1) is 15.5. The molecule has 126 valence electrons. The predicted octanol–water partition coefficient (Wildman–Crippen LogP) is 5.19. The number of rotatable bonds is 3. The average Bonchev–Trinajstić information content (AvgIpc) is 3.02. The molecule has 0 radical (unpaired) electrons. The second-order valence-corrected chi connectivity index (χ2v) is 7.16. The van der Waals surface area contributed by atoms with Crippen LogP contribution in [0.1, 0.15) is 13.8 Å². The number of hydrogen-bond donors (Lipinski definition) is 2. The number of benzene rings is 2. The van der Waals surface area contributed by atoms with Gasteiger partial charge in [-0.25, -0.2) is 4.98 Å². The van der Waals surface area contributed by atoms with Crippen molar-refractivity contribution in [1.29, 1.82) is 0 Å². The zero-order valence-electron chi connectivity index (χ0n) is 13.5. The molecule has 25 heavy (non-hydrogen) atoms. The van der Waals surface area contributed by atoms with Crippen molar-refractivity contribution < 1.29 is 4.92 Å². The Hall–Kier alpha value is -3.07. The zero-order valence-corrected chi connectivity index (χ0v) is 14.3. The smallest absolute Gasteiger partial charge is 0.345 e. The predicted molar refractivity (Wildman–Crippen MR) is 98.2 cm³/mol. The molecule has 0 bridgehead atoms. The first-order valence-electron chi connectivity index (χ1n) is 7.57. The summed E-state index contributed by atoms with van der Waals surface area (Å²) in [6, 6.07) is 9.81. The van der Waals surface area contributed by atoms with Crippen LogP contribution in [0.25, 0.3) is 10.8 Å². The maximum absolute atomic E-state index is 10.7. The fourth-order valence-electron chi connectivity index (χ4n) is 2.88. The van der Waals surface area contributed by atoms with Crippen LogP contribution in [0.15, 0.2) is 46.8 Å². The molecule has 1 aromatic heterocycles. The Labute approximate surface area is 146 Å². The third-order valence-corrected chi connectivity index (χ3v) is 4.65. The number of anilines is 2. The minimum atomic E-state index is -0.488. The largest absolute Gasteiger partial charge is 0.363 e. The average molecular weight is 354 g/mol. The van der Waals surface area contributed by atoms with E-state index in [1.54, 1.807) is 0 Å². The molecule has 1 aliphatic rings. The maximum atomic E-state index is 10.7. The van der Waals surface area contributed by atoms with Crippen LogP contribution in [0.4, 0.5) is 27.2 Å². The van der Waals surface area contributed by atoms with Gasteiger partial charge in [0.2, 0.25) is 5.13 Å². The summed E-state index contributed by atoms with van der Waals surface area (Å²) in [5.41, 5.74) is 2.49. The molecule has 2 heterocycles. The summed E-state index contributed by atoms with van der Waals surface area (Å²) >= 11 is 0.892. The van der Waals surface area contributed by atoms with E-state index in [1.165, 1.54) is 6.20 Å². The van der Waals surface area contributed by atoms with Crippen molar-refractivity contribution in [1.82, 2.24) is 4.98 Å². The van der Waals surface area contributed by atoms with E-state index in [1.807, 2.05) is 30.3 Å². The Morgan fingerprint density at radius 1 is 1.16 bits per heavy atom. The molecule has 0 amide bonds. The highest BCUT2D eigenvalue weighted by Crippen LogP contribution is 2.42. The van der Waals surface area contributed by atoms with Crippen LogP contribution in [-0.4, -0.2) is 15.6 Å². The van der Waals surface area contributed by atoms with Crippen molar-refractivity contribution in [3.05, 3.63) is 46.6 Å². The van der Waals surface area contributed by atoms with Crippen LogP contribution in [-0.2, 0) is 0 Å². The van der Waals surface area contributed by atoms with Gasteiger partial charge < -0.3 is 10.6 Å². The Morgan fingerprint density at radius 3 is 2.64 bits per heavy atom. The lowest BCUT2D eigenvalue weighted by atomic mass is 10.00. The van der Waals surface area contributed by atoms with Gasteiger partial charge in [0, 0.05) is 22.1 Å². The van der Waals surface area contributed by atoms with E-state index in [0.717, 1.165) is 33.5 Å². The van der Waals surface area contributed by atoms with Crippen molar-refractivity contribution >= 4 is 49.3 Å². The van der Waals surface area contributed by atoms with Crippen molar-refractivity contribution in [2.75, 3.05) is 10.6 Å². The van der Waals surface area contributed by atoms with E-state index in [9.17, 15) is 10.1 Å². The number of nitrogens with zero attached hydrogens (tertiary/aromatic N) is 4. The van der Waals surface area contributed by atoms with Gasteiger partial charge in [0.05, 0.1) is 10.6 Å². The summed E-state index contributed by atoms with van der Waals surface area (Å²) in [5.74, 6) is 0. The van der Waals surface area contributed by atoms with E-state index in [-0.39, 0.29) is 15.8 Å². The van der Waals surface area contributed by atoms with Crippen molar-refractivity contribution in [2.45, 2.75) is 19.5 Å². The second kappa shape index (κ2) is 5.49. The van der Waals surface area contributed by atoms with Crippen molar-refractivity contribution in [3.8, 4) is 0 Å². The lowest BCUT2D eigenvalue weighted by molar-refractivity contribution is -0.380. The summed E-state index contributed by atoms with van der Waals surface area (Å²) in [6.07, 6.45) is 1.19. The summed E-state index contributed by atoms with van der Waals surface area (Å²) in [4.78, 5) is 14.1. The van der Waals surface area contributed by atoms with Crippen LogP contribution in [0.3, 0.4) is 0 Å². The van der Waals surface area contributed by atoms with Gasteiger partial charge in [-0.1, -0.05) is 12.1 Å². The molecule has 2 N–H and O–H groups in total. The first-order chi connectivity index (χ1) is 11.9. The molecule has 0 spiro atoms. The topological polar surface area (TPSA) is 105 Å². The fourth-order valence-corrected chi connectivity index (χ4v) is 3.43. The van der Waals surface area contributed by atoms with Gasteiger partial charge in [-0.05, 0) is 43.4 Å². The van der Waals surface area contributed by atoms with E-state index in [2.05, 4.69) is 39.7 Å². The van der Waals surface area contributed by atoms with Crippen LogP contribution < -0.4 is 10.6 Å². The molecular formula is C16H14N6O2S. The summed E-state index contributed by atoms with van der Waals surface area (Å²) in [5, 5.41) is 28.1. The lowest BCUT2D eigenvalue weighted by Gasteiger charge is -2.35. The Kier molecular flexibility index (Phi) is 3.39. The molecule has 1 aliphatic heterocycles. The minimum Gasteiger partial charge on any atom is -0.363 e. The molecule has 0 fully saturated rings. The highest BCUT2D eigenvalue weighted by atomic mass is 32.1. The summed E-state index contributed by atoms with van der Waals surface area (Å²) < 4.78 is 0. The summed E-state index contributed by atoms with van der Waals surface area (Å²) in [7, 11) is 0. The van der Waals surface area contributed by atoms with Crippen LogP contribution >= 0.6 is 11.3 Å². The first-order valence-corrected chi connectivity index (χ1v) is 8.39. The molecule has 0 saturated heterocycles. The molecule has 4 rings (SSSR count). The number of nitrogens with one attached hydrogen (secondary N) is 2. The number of nitro groups is 1. The number of azo groups is 1. The van der Waals surface area contributed by atoms with Gasteiger partial charge in [-0.15, -0.1) is 10.2 Å². The van der Waals surface area contributed by atoms with Gasteiger partial charge in [0.25, 0.3) is 0 Å². The molecule has 0 aliphatic carbocycles. The van der Waals surface area contributed by atoms with E-state index in [0.29, 0.717) is 5.69 Å². The lowest BCUT2D eigenvalue weighted by Crippen LogP contribution is -2.41. The van der Waals surface area contributed by atoms with Gasteiger partial charge >= 0.3 is 5.00 Å². The van der Waals surface area contributed by atoms with Gasteiger partial charge in [0.15, 0.2) is 0 Å². The molecule has 0 unspecified atom stereocenters. The number of hydrogen-bond acceptors (Lipinski definition) is 8. The van der Waals surface area contributed by atoms with E-state index < -0.39 is 4.92 Å². The second-order valence-electron chi connectivity index (χ2n) is 6.17. The van der Waals surface area contributed by atoms with Gasteiger partial charge in [-0.3, -0.25) is 10.1 Å². The molecule has 9 heteroatoms. The minimum absolute atomic E-state index is 0.0542. The quantitative estimate of drug-likeness (QED) is 0.382. The van der Waals surface area contributed by atoms with Crippen LogP contribution in [0.2, 0.25) is 0 Å². The third-order valence-electron chi connectivity index (χ3n) is 3.82. The molecule has 0 atom stereocenters. The van der Waals surface area contributed by atoms with Crippen molar-refractivity contribution in [2.24, 2.45) is 10.2 Å². The Balaban J connectivity index is 1.76. The molecule has 3 aromatic rings. The number of thiazole rings is 1. The van der Waals surface area contributed by atoms with Crippen molar-refractivity contribution in [3.63, 3.8) is 0 Å². The van der Waals surface area contributed by atoms with E-state index >= 15 is 0 Å². The Bertz CT molecular complexity index is 1010. The van der Waals surface area contributed by atoms with Crippen LogP contribution in [0.5, 0.6) is 0 Å². The monoisotopic (exact) mass is 354 g/mol. The third kappa shape index (κ3) is 2.78. The summed E-state index contributed by atoms with van der Waals surface area (Å²) in [6.45, 7) is 4.13. The molecule has 8 nitrogen and oxygen atoms in total. The highest BCUT2D eigenvalue weighted by molar-refractivity contribution is 7.18. The maximum Gasteiger partial charge on any atom is 0.345 e. The molecule has 2 aromatic carbocycles. The van der Waals surface area contributed by atoms with E-state index in [4.69, 9.17) is 0 Å². The zero-order chi connectivity index (χ0) is 17.6. The molecular weight excluding hydrogens is 340 g/mol. The van der Waals surface area contributed by atoms with Gasteiger partial charge in [-0.2, -0.15) is 0 Å². The van der Waals surface area contributed by atoms with Gasteiger partial charge in [0.1, 0.15) is 11.9 Å². The van der Waals surface area contributed by atoms with Crippen LogP contribution in [0, 0.1) is 10.1 Å².